The summed E-state index contributed by atoms with van der Waals surface area (Å²) in [6.07, 6.45) is 0. The first-order valence-corrected chi connectivity index (χ1v) is 7.70. The molecule has 2 rings (SSSR count). The lowest BCUT2D eigenvalue weighted by Crippen LogP contribution is -2.22. The molecule has 2 aromatic rings. The predicted octanol–water partition coefficient (Wildman–Crippen LogP) is 5.07. The van der Waals surface area contributed by atoms with E-state index in [1.54, 1.807) is 23.5 Å². The molecule has 0 spiro atoms. The van der Waals surface area contributed by atoms with Crippen molar-refractivity contribution >= 4 is 11.3 Å². The Morgan fingerprint density at radius 3 is 2.52 bits per heavy atom. The van der Waals surface area contributed by atoms with Gasteiger partial charge in [0.25, 0.3) is 0 Å². The van der Waals surface area contributed by atoms with Crippen molar-refractivity contribution in [2.24, 2.45) is 0 Å². The van der Waals surface area contributed by atoms with E-state index in [-0.39, 0.29) is 17.8 Å². The van der Waals surface area contributed by atoms with Gasteiger partial charge in [-0.05, 0) is 55.5 Å². The Balaban J connectivity index is 2.06. The smallest absolute Gasteiger partial charge is 0.387 e. The molecule has 0 saturated heterocycles. The second-order valence-corrected chi connectivity index (χ2v) is 5.98. The summed E-state index contributed by atoms with van der Waals surface area (Å²) in [7, 11) is 0. The molecule has 0 saturated carbocycles. The van der Waals surface area contributed by atoms with Crippen LogP contribution in [0.15, 0.2) is 35.7 Å². The first kappa shape index (κ1) is 15.9. The van der Waals surface area contributed by atoms with Gasteiger partial charge in [0, 0.05) is 17.0 Å². The van der Waals surface area contributed by atoms with Crippen LogP contribution < -0.4 is 10.1 Å². The summed E-state index contributed by atoms with van der Waals surface area (Å²) in [5, 5.41) is 5.56. The maximum absolute atomic E-state index is 12.3. The van der Waals surface area contributed by atoms with Gasteiger partial charge in [0.1, 0.15) is 5.75 Å². The minimum atomic E-state index is -2.80. The van der Waals surface area contributed by atoms with Crippen molar-refractivity contribution in [3.63, 3.8) is 0 Å². The van der Waals surface area contributed by atoms with Crippen LogP contribution >= 0.6 is 11.3 Å². The van der Waals surface area contributed by atoms with Gasteiger partial charge in [-0.25, -0.2) is 0 Å². The van der Waals surface area contributed by atoms with Gasteiger partial charge in [-0.2, -0.15) is 8.78 Å². The van der Waals surface area contributed by atoms with E-state index in [9.17, 15) is 8.78 Å². The normalized spacial score (nSPS) is 14.2. The highest BCUT2D eigenvalue weighted by Crippen LogP contribution is 2.27. The molecular formula is C16H19F2NOS. The maximum Gasteiger partial charge on any atom is 0.387 e. The molecule has 0 amide bonds. The Kier molecular flexibility index (Phi) is 5.31. The molecule has 0 bridgehead atoms. The lowest BCUT2D eigenvalue weighted by Gasteiger charge is -2.21. The number of benzene rings is 1. The van der Waals surface area contributed by atoms with Gasteiger partial charge in [0.05, 0.1) is 0 Å². The van der Waals surface area contributed by atoms with Crippen LogP contribution in [0.4, 0.5) is 8.78 Å². The molecule has 1 aromatic carbocycles. The Morgan fingerprint density at radius 2 is 1.90 bits per heavy atom. The van der Waals surface area contributed by atoms with Crippen molar-refractivity contribution < 1.29 is 13.5 Å². The van der Waals surface area contributed by atoms with E-state index >= 15 is 0 Å². The number of halogens is 2. The third kappa shape index (κ3) is 4.25. The monoisotopic (exact) mass is 311 g/mol. The zero-order chi connectivity index (χ0) is 15.4. The van der Waals surface area contributed by atoms with E-state index in [0.717, 1.165) is 5.56 Å². The molecule has 2 nitrogen and oxygen atoms in total. The van der Waals surface area contributed by atoms with Gasteiger partial charge in [0.2, 0.25) is 0 Å². The second kappa shape index (κ2) is 7.00. The largest absolute Gasteiger partial charge is 0.435 e. The summed E-state index contributed by atoms with van der Waals surface area (Å²) in [4.78, 5) is 1.29. The van der Waals surface area contributed by atoms with Crippen LogP contribution in [-0.4, -0.2) is 6.61 Å². The Hall–Kier alpha value is -1.46. The molecule has 5 heteroatoms. The zero-order valence-corrected chi connectivity index (χ0v) is 13.1. The minimum Gasteiger partial charge on any atom is -0.435 e. The SMILES string of the molecule is Cc1ccsc1C(C)NC(C)c1cccc(OC(F)F)c1. The van der Waals surface area contributed by atoms with E-state index in [1.807, 2.05) is 13.0 Å². The highest BCUT2D eigenvalue weighted by molar-refractivity contribution is 7.10. The quantitative estimate of drug-likeness (QED) is 0.804. The van der Waals surface area contributed by atoms with Crippen LogP contribution in [0.3, 0.4) is 0 Å². The molecule has 21 heavy (non-hydrogen) atoms. The first-order valence-electron chi connectivity index (χ1n) is 6.82. The fourth-order valence-corrected chi connectivity index (χ4v) is 3.28. The molecular weight excluding hydrogens is 292 g/mol. The van der Waals surface area contributed by atoms with Crippen molar-refractivity contribution in [3.05, 3.63) is 51.7 Å². The summed E-state index contributed by atoms with van der Waals surface area (Å²) in [6, 6.07) is 9.17. The molecule has 1 heterocycles. The van der Waals surface area contributed by atoms with Crippen LogP contribution in [0.5, 0.6) is 5.75 Å². The van der Waals surface area contributed by atoms with Gasteiger partial charge >= 0.3 is 6.61 Å². The second-order valence-electron chi connectivity index (χ2n) is 5.03. The van der Waals surface area contributed by atoms with Gasteiger partial charge in [-0.3, -0.25) is 0 Å². The topological polar surface area (TPSA) is 21.3 Å². The number of rotatable bonds is 6. The van der Waals surface area contributed by atoms with Crippen molar-refractivity contribution in [1.29, 1.82) is 0 Å². The van der Waals surface area contributed by atoms with Crippen LogP contribution in [-0.2, 0) is 0 Å². The molecule has 2 unspecified atom stereocenters. The van der Waals surface area contributed by atoms with E-state index in [1.165, 1.54) is 16.5 Å². The summed E-state index contributed by atoms with van der Waals surface area (Å²) in [5.74, 6) is 0.191. The highest BCUT2D eigenvalue weighted by atomic mass is 32.1. The van der Waals surface area contributed by atoms with Gasteiger partial charge in [0.15, 0.2) is 0 Å². The van der Waals surface area contributed by atoms with Crippen molar-refractivity contribution in [1.82, 2.24) is 5.32 Å². The van der Waals surface area contributed by atoms with Gasteiger partial charge in [-0.15, -0.1) is 11.3 Å². The zero-order valence-electron chi connectivity index (χ0n) is 12.3. The Bertz CT molecular complexity index is 585. The molecule has 2 atom stereocenters. The third-order valence-electron chi connectivity index (χ3n) is 3.38. The van der Waals surface area contributed by atoms with E-state index in [4.69, 9.17) is 0 Å². The average Bonchev–Trinajstić information content (AvgIpc) is 2.84. The fourth-order valence-electron chi connectivity index (χ4n) is 2.34. The summed E-state index contributed by atoms with van der Waals surface area (Å²) in [6.45, 7) is 3.41. The molecule has 0 aliphatic carbocycles. The molecule has 0 aliphatic rings. The number of hydrogen-bond donors (Lipinski definition) is 1. The number of alkyl halides is 2. The first-order chi connectivity index (χ1) is 9.97. The lowest BCUT2D eigenvalue weighted by atomic mass is 10.1. The summed E-state index contributed by atoms with van der Waals surface area (Å²) in [5.41, 5.74) is 2.19. The number of ether oxygens (including phenoxy) is 1. The van der Waals surface area contributed by atoms with Gasteiger partial charge < -0.3 is 10.1 Å². The standard InChI is InChI=1S/C16H19F2NOS/c1-10-7-8-21-15(10)12(3)19-11(2)13-5-4-6-14(9-13)20-16(17)18/h4-9,11-12,16,19H,1-3H3. The fraction of sp³-hybridized carbons (Fsp3) is 0.375. The van der Waals surface area contributed by atoms with Crippen LogP contribution in [0.1, 0.15) is 41.9 Å². The molecule has 1 aromatic heterocycles. The predicted molar refractivity (Wildman–Crippen MR) is 82.1 cm³/mol. The molecule has 114 valence electrons. The minimum absolute atomic E-state index is 0.0442. The Labute approximate surface area is 127 Å². The van der Waals surface area contributed by atoms with E-state index < -0.39 is 6.61 Å². The van der Waals surface area contributed by atoms with Crippen LogP contribution in [0.25, 0.3) is 0 Å². The van der Waals surface area contributed by atoms with E-state index in [2.05, 4.69) is 35.3 Å². The molecule has 1 N–H and O–H groups in total. The number of aryl methyl sites for hydroxylation is 1. The van der Waals surface area contributed by atoms with Crippen LogP contribution in [0.2, 0.25) is 0 Å². The molecule has 0 aliphatic heterocycles. The molecule has 0 fully saturated rings. The van der Waals surface area contributed by atoms with E-state index in [0.29, 0.717) is 0 Å². The van der Waals surface area contributed by atoms with Crippen LogP contribution in [0, 0.1) is 6.92 Å². The highest BCUT2D eigenvalue weighted by Gasteiger charge is 2.15. The van der Waals surface area contributed by atoms with Crippen molar-refractivity contribution in [2.75, 3.05) is 0 Å². The van der Waals surface area contributed by atoms with Crippen molar-refractivity contribution in [3.8, 4) is 5.75 Å². The third-order valence-corrected chi connectivity index (χ3v) is 4.58. The maximum atomic E-state index is 12.3. The summed E-state index contributed by atoms with van der Waals surface area (Å²) < 4.78 is 29.0. The van der Waals surface area contributed by atoms with Gasteiger partial charge in [-0.1, -0.05) is 12.1 Å². The number of hydrogen-bond acceptors (Lipinski definition) is 3. The molecule has 0 radical (unpaired) electrons. The lowest BCUT2D eigenvalue weighted by molar-refractivity contribution is -0.0499. The summed E-state index contributed by atoms with van der Waals surface area (Å²) >= 11 is 1.72. The number of thiophene rings is 1. The van der Waals surface area contributed by atoms with Crippen molar-refractivity contribution in [2.45, 2.75) is 39.5 Å². The Morgan fingerprint density at radius 1 is 1.14 bits per heavy atom. The number of nitrogens with one attached hydrogen (secondary N) is 1. The average molecular weight is 311 g/mol.